The number of amides is 1. The molecule has 1 saturated carbocycles. The lowest BCUT2D eigenvalue weighted by atomic mass is 10.2. The molecule has 1 N–H and O–H groups in total. The molecule has 23 heavy (non-hydrogen) atoms. The second kappa shape index (κ2) is 5.64. The summed E-state index contributed by atoms with van der Waals surface area (Å²) in [5.74, 6) is -2.61. The number of hydrogen-bond acceptors (Lipinski definition) is 4. The van der Waals surface area contributed by atoms with Crippen molar-refractivity contribution in [2.45, 2.75) is 25.4 Å². The van der Waals surface area contributed by atoms with Gasteiger partial charge in [0.1, 0.15) is 5.82 Å². The van der Waals surface area contributed by atoms with Gasteiger partial charge in [0, 0.05) is 12.0 Å². The predicted octanol–water partition coefficient (Wildman–Crippen LogP) is 3.63. The molecule has 1 aliphatic carbocycles. The zero-order valence-electron chi connectivity index (χ0n) is 11.7. The van der Waals surface area contributed by atoms with Gasteiger partial charge in [-0.15, -0.1) is 0 Å². The van der Waals surface area contributed by atoms with E-state index in [-0.39, 0.29) is 23.0 Å². The van der Waals surface area contributed by atoms with Crippen LogP contribution in [0.2, 0.25) is 0 Å². The SMILES string of the molecule is O=C(CC1CC1)Nc1ccc(-c2noc(C(F)(F)F)n2)cc1F. The quantitative estimate of drug-likeness (QED) is 0.870. The lowest BCUT2D eigenvalue weighted by molar-refractivity contribution is -0.159. The summed E-state index contributed by atoms with van der Waals surface area (Å²) in [6.07, 6.45) is -2.44. The molecule has 1 aromatic heterocycles. The number of carbonyl (C=O) groups is 1. The minimum absolute atomic E-state index is 0.0157. The van der Waals surface area contributed by atoms with Gasteiger partial charge in [0.05, 0.1) is 5.69 Å². The Bertz CT molecular complexity index is 738. The fourth-order valence-corrected chi connectivity index (χ4v) is 2.00. The standard InChI is InChI=1S/C14H11F4N3O2/c15-9-6-8(12-20-13(23-21-12)14(16,17)18)3-4-10(9)19-11(22)5-7-1-2-7/h3-4,6-7H,1-2,5H2,(H,19,22). The van der Waals surface area contributed by atoms with Crippen molar-refractivity contribution in [2.75, 3.05) is 5.32 Å². The summed E-state index contributed by atoms with van der Waals surface area (Å²) in [4.78, 5) is 14.8. The Morgan fingerprint density at radius 3 is 2.65 bits per heavy atom. The Balaban J connectivity index is 1.75. The van der Waals surface area contributed by atoms with Crippen LogP contribution in [-0.4, -0.2) is 16.0 Å². The fourth-order valence-electron chi connectivity index (χ4n) is 2.00. The Hall–Kier alpha value is -2.45. The van der Waals surface area contributed by atoms with Crippen molar-refractivity contribution >= 4 is 11.6 Å². The van der Waals surface area contributed by atoms with Crippen LogP contribution in [0.5, 0.6) is 0 Å². The second-order valence-electron chi connectivity index (χ2n) is 5.31. The van der Waals surface area contributed by atoms with Crippen molar-refractivity contribution in [1.29, 1.82) is 0 Å². The van der Waals surface area contributed by atoms with Crippen molar-refractivity contribution in [1.82, 2.24) is 10.1 Å². The van der Waals surface area contributed by atoms with Crippen LogP contribution in [0.25, 0.3) is 11.4 Å². The molecule has 1 aliphatic rings. The van der Waals surface area contributed by atoms with E-state index < -0.39 is 17.9 Å². The normalized spacial score (nSPS) is 14.8. The van der Waals surface area contributed by atoms with Gasteiger partial charge in [-0.2, -0.15) is 18.2 Å². The van der Waals surface area contributed by atoms with Gasteiger partial charge in [-0.05, 0) is 37.0 Å². The summed E-state index contributed by atoms with van der Waals surface area (Å²) >= 11 is 0. The van der Waals surface area contributed by atoms with E-state index in [0.717, 1.165) is 18.9 Å². The zero-order chi connectivity index (χ0) is 16.6. The number of halogens is 4. The van der Waals surface area contributed by atoms with Gasteiger partial charge in [0.15, 0.2) is 0 Å². The predicted molar refractivity (Wildman–Crippen MR) is 70.7 cm³/mol. The van der Waals surface area contributed by atoms with Crippen LogP contribution in [0.1, 0.15) is 25.2 Å². The summed E-state index contributed by atoms with van der Waals surface area (Å²) in [7, 11) is 0. The number of carbonyl (C=O) groups excluding carboxylic acids is 1. The van der Waals surface area contributed by atoms with E-state index in [2.05, 4.69) is 20.0 Å². The summed E-state index contributed by atoms with van der Waals surface area (Å²) in [6, 6.07) is 3.50. The molecule has 1 fully saturated rings. The van der Waals surface area contributed by atoms with Gasteiger partial charge in [-0.1, -0.05) is 5.16 Å². The lowest BCUT2D eigenvalue weighted by Gasteiger charge is -2.06. The highest BCUT2D eigenvalue weighted by Gasteiger charge is 2.38. The molecule has 0 bridgehead atoms. The van der Waals surface area contributed by atoms with E-state index in [1.807, 2.05) is 0 Å². The third kappa shape index (κ3) is 3.66. The monoisotopic (exact) mass is 329 g/mol. The average molecular weight is 329 g/mol. The van der Waals surface area contributed by atoms with Crippen molar-refractivity contribution in [3.63, 3.8) is 0 Å². The molecule has 0 aliphatic heterocycles. The molecule has 0 atom stereocenters. The summed E-state index contributed by atoms with van der Waals surface area (Å²) in [5, 5.41) is 5.60. The second-order valence-corrected chi connectivity index (χ2v) is 5.31. The molecular formula is C14H11F4N3O2. The maximum atomic E-state index is 14.0. The van der Waals surface area contributed by atoms with Gasteiger partial charge in [0.25, 0.3) is 0 Å². The first-order valence-electron chi connectivity index (χ1n) is 6.83. The molecule has 0 spiro atoms. The summed E-state index contributed by atoms with van der Waals surface area (Å²) in [6.45, 7) is 0. The molecule has 1 amide bonds. The molecular weight excluding hydrogens is 318 g/mol. The molecule has 1 aromatic carbocycles. The maximum Gasteiger partial charge on any atom is 0.471 e. The largest absolute Gasteiger partial charge is 0.471 e. The minimum atomic E-state index is -4.76. The van der Waals surface area contributed by atoms with Crippen LogP contribution in [0.15, 0.2) is 22.7 Å². The van der Waals surface area contributed by atoms with Gasteiger partial charge in [0.2, 0.25) is 11.7 Å². The van der Waals surface area contributed by atoms with E-state index in [4.69, 9.17) is 0 Å². The molecule has 9 heteroatoms. The van der Waals surface area contributed by atoms with Crippen molar-refractivity contribution in [2.24, 2.45) is 5.92 Å². The molecule has 1 heterocycles. The highest BCUT2D eigenvalue weighted by atomic mass is 19.4. The Morgan fingerprint density at radius 2 is 2.09 bits per heavy atom. The number of hydrogen-bond donors (Lipinski definition) is 1. The first-order chi connectivity index (χ1) is 10.8. The average Bonchev–Trinajstić information content (AvgIpc) is 3.12. The van der Waals surface area contributed by atoms with Crippen LogP contribution in [-0.2, 0) is 11.0 Å². The maximum absolute atomic E-state index is 14.0. The van der Waals surface area contributed by atoms with Crippen LogP contribution in [0.4, 0.5) is 23.2 Å². The van der Waals surface area contributed by atoms with E-state index >= 15 is 0 Å². The Labute approximate surface area is 127 Å². The van der Waals surface area contributed by atoms with Gasteiger partial charge < -0.3 is 9.84 Å². The minimum Gasteiger partial charge on any atom is -0.329 e. The van der Waals surface area contributed by atoms with Crippen molar-refractivity contribution < 1.29 is 26.9 Å². The molecule has 2 aromatic rings. The molecule has 5 nitrogen and oxygen atoms in total. The zero-order valence-corrected chi connectivity index (χ0v) is 11.7. The molecule has 0 unspecified atom stereocenters. The number of aromatic nitrogens is 2. The van der Waals surface area contributed by atoms with Gasteiger partial charge in [-0.25, -0.2) is 4.39 Å². The van der Waals surface area contributed by atoms with Crippen molar-refractivity contribution in [3.8, 4) is 11.4 Å². The number of benzene rings is 1. The number of rotatable bonds is 4. The Morgan fingerprint density at radius 1 is 1.35 bits per heavy atom. The number of nitrogens with one attached hydrogen (secondary N) is 1. The lowest BCUT2D eigenvalue weighted by Crippen LogP contribution is -2.13. The van der Waals surface area contributed by atoms with Crippen molar-refractivity contribution in [3.05, 3.63) is 29.9 Å². The highest BCUT2D eigenvalue weighted by Crippen LogP contribution is 2.33. The summed E-state index contributed by atoms with van der Waals surface area (Å²) < 4.78 is 55.2. The van der Waals surface area contributed by atoms with Crippen LogP contribution in [0.3, 0.4) is 0 Å². The van der Waals surface area contributed by atoms with Gasteiger partial charge in [-0.3, -0.25) is 4.79 Å². The third-order valence-corrected chi connectivity index (χ3v) is 3.34. The molecule has 3 rings (SSSR count). The number of anilines is 1. The highest BCUT2D eigenvalue weighted by molar-refractivity contribution is 5.91. The van der Waals surface area contributed by atoms with Crippen LogP contribution < -0.4 is 5.32 Å². The first kappa shape index (κ1) is 15.4. The fraction of sp³-hybridized carbons (Fsp3) is 0.357. The number of alkyl halides is 3. The van der Waals surface area contributed by atoms with Crippen LogP contribution >= 0.6 is 0 Å². The molecule has 0 saturated heterocycles. The smallest absolute Gasteiger partial charge is 0.329 e. The molecule has 0 radical (unpaired) electrons. The molecule has 122 valence electrons. The first-order valence-corrected chi connectivity index (χ1v) is 6.83. The Kier molecular flexibility index (Phi) is 3.78. The van der Waals surface area contributed by atoms with Crippen LogP contribution in [0, 0.1) is 11.7 Å². The van der Waals surface area contributed by atoms with E-state index in [0.29, 0.717) is 12.3 Å². The van der Waals surface area contributed by atoms with E-state index in [1.165, 1.54) is 12.1 Å². The van der Waals surface area contributed by atoms with Gasteiger partial charge >= 0.3 is 12.1 Å². The topological polar surface area (TPSA) is 68.0 Å². The number of nitrogens with zero attached hydrogens (tertiary/aromatic N) is 2. The summed E-state index contributed by atoms with van der Waals surface area (Å²) in [5.41, 5.74) is -0.0270. The van der Waals surface area contributed by atoms with E-state index in [1.54, 1.807) is 0 Å². The third-order valence-electron chi connectivity index (χ3n) is 3.34. The van der Waals surface area contributed by atoms with E-state index in [9.17, 15) is 22.4 Å².